The van der Waals surface area contributed by atoms with Gasteiger partial charge in [-0.1, -0.05) is 45.0 Å². The van der Waals surface area contributed by atoms with E-state index in [9.17, 15) is 4.79 Å². The van der Waals surface area contributed by atoms with Gasteiger partial charge in [-0.2, -0.15) is 0 Å². The van der Waals surface area contributed by atoms with Crippen LogP contribution < -0.4 is 0 Å². The predicted octanol–water partition coefficient (Wildman–Crippen LogP) is 3.46. The van der Waals surface area contributed by atoms with Crippen LogP contribution in [-0.4, -0.2) is 20.8 Å². The summed E-state index contributed by atoms with van der Waals surface area (Å²) in [6, 6.07) is 7.72. The Balaban J connectivity index is 1.98. The molecule has 4 nitrogen and oxygen atoms in total. The number of carbonyl (C=O) groups excluding carboxylic acids is 1. The Kier molecular flexibility index (Phi) is 4.21. The first-order valence-electron chi connectivity index (χ1n) is 7.15. The van der Waals surface area contributed by atoms with Gasteiger partial charge in [0.2, 0.25) is 0 Å². The summed E-state index contributed by atoms with van der Waals surface area (Å²) in [4.78, 5) is 12.2. The average molecular weight is 273 g/mol. The highest BCUT2D eigenvalue weighted by Crippen LogP contribution is 2.26. The van der Waals surface area contributed by atoms with Gasteiger partial charge in [0.05, 0.1) is 5.52 Å². The van der Waals surface area contributed by atoms with Crippen molar-refractivity contribution in [3.05, 3.63) is 24.3 Å². The van der Waals surface area contributed by atoms with Crippen LogP contribution in [0.15, 0.2) is 24.3 Å². The standard InChI is InChI=1S/C16H23N3O/c1-12(10-16(2,3)4)9-13(20)11-19-15-8-6-5-7-14(15)17-18-19/h5-8,12H,9-11H2,1-4H3. The van der Waals surface area contributed by atoms with Crippen molar-refractivity contribution in [3.63, 3.8) is 0 Å². The molecule has 0 radical (unpaired) electrons. The van der Waals surface area contributed by atoms with Gasteiger partial charge < -0.3 is 0 Å². The Morgan fingerprint density at radius 2 is 2.00 bits per heavy atom. The van der Waals surface area contributed by atoms with Crippen LogP contribution in [0, 0.1) is 11.3 Å². The third-order valence-electron chi connectivity index (χ3n) is 3.28. The van der Waals surface area contributed by atoms with E-state index >= 15 is 0 Å². The van der Waals surface area contributed by atoms with E-state index in [0.717, 1.165) is 17.5 Å². The summed E-state index contributed by atoms with van der Waals surface area (Å²) in [5, 5.41) is 8.13. The highest BCUT2D eigenvalue weighted by atomic mass is 16.1. The Labute approximate surface area is 120 Å². The smallest absolute Gasteiger partial charge is 0.154 e. The highest BCUT2D eigenvalue weighted by molar-refractivity contribution is 5.81. The molecule has 0 spiro atoms. The van der Waals surface area contributed by atoms with E-state index in [-0.39, 0.29) is 11.2 Å². The van der Waals surface area contributed by atoms with Crippen molar-refractivity contribution >= 4 is 16.8 Å². The van der Waals surface area contributed by atoms with Gasteiger partial charge in [0.1, 0.15) is 12.1 Å². The molecule has 1 unspecified atom stereocenters. The Bertz CT molecular complexity index is 595. The molecule has 1 heterocycles. The number of hydrogen-bond donors (Lipinski definition) is 0. The van der Waals surface area contributed by atoms with Gasteiger partial charge in [-0.05, 0) is 29.9 Å². The molecule has 20 heavy (non-hydrogen) atoms. The topological polar surface area (TPSA) is 47.8 Å². The third kappa shape index (κ3) is 3.89. The van der Waals surface area contributed by atoms with E-state index in [4.69, 9.17) is 0 Å². The van der Waals surface area contributed by atoms with E-state index in [1.165, 1.54) is 0 Å². The summed E-state index contributed by atoms with van der Waals surface area (Å²) in [6.45, 7) is 9.08. The minimum Gasteiger partial charge on any atom is -0.298 e. The lowest BCUT2D eigenvalue weighted by Gasteiger charge is -2.22. The first kappa shape index (κ1) is 14.7. The number of para-hydroxylation sites is 1. The quantitative estimate of drug-likeness (QED) is 0.838. The number of benzene rings is 1. The number of carbonyl (C=O) groups is 1. The van der Waals surface area contributed by atoms with E-state index < -0.39 is 0 Å². The van der Waals surface area contributed by atoms with Crippen molar-refractivity contribution in [2.75, 3.05) is 0 Å². The summed E-state index contributed by atoms with van der Waals surface area (Å²) in [7, 11) is 0. The molecule has 0 aliphatic carbocycles. The number of hydrogen-bond acceptors (Lipinski definition) is 3. The fraction of sp³-hybridized carbons (Fsp3) is 0.562. The number of Topliss-reactive ketones (excluding diaryl/α,β-unsaturated/α-hetero) is 1. The molecule has 0 N–H and O–H groups in total. The van der Waals surface area contributed by atoms with Crippen LogP contribution in [0.3, 0.4) is 0 Å². The monoisotopic (exact) mass is 273 g/mol. The van der Waals surface area contributed by atoms with Crippen LogP contribution in [-0.2, 0) is 11.3 Å². The molecule has 0 fully saturated rings. The van der Waals surface area contributed by atoms with Crippen LogP contribution in [0.1, 0.15) is 40.5 Å². The predicted molar refractivity (Wildman–Crippen MR) is 80.4 cm³/mol. The van der Waals surface area contributed by atoms with Gasteiger partial charge in [0, 0.05) is 6.42 Å². The molecular formula is C16H23N3O. The van der Waals surface area contributed by atoms with Gasteiger partial charge in [0.15, 0.2) is 5.78 Å². The zero-order valence-electron chi connectivity index (χ0n) is 12.8. The Hall–Kier alpha value is -1.71. The van der Waals surface area contributed by atoms with Gasteiger partial charge in [-0.15, -0.1) is 5.10 Å². The second-order valence-electron chi connectivity index (χ2n) is 6.85. The lowest BCUT2D eigenvalue weighted by atomic mass is 9.83. The number of fused-ring (bicyclic) bond motifs is 1. The van der Waals surface area contributed by atoms with E-state index in [0.29, 0.717) is 18.9 Å². The van der Waals surface area contributed by atoms with Gasteiger partial charge in [0.25, 0.3) is 0 Å². The van der Waals surface area contributed by atoms with Crippen molar-refractivity contribution in [3.8, 4) is 0 Å². The van der Waals surface area contributed by atoms with Gasteiger partial charge in [-0.25, -0.2) is 4.68 Å². The fourth-order valence-electron chi connectivity index (χ4n) is 2.77. The van der Waals surface area contributed by atoms with Crippen molar-refractivity contribution in [1.29, 1.82) is 0 Å². The summed E-state index contributed by atoms with van der Waals surface area (Å²) >= 11 is 0. The fourth-order valence-corrected chi connectivity index (χ4v) is 2.77. The molecule has 1 aromatic heterocycles. The molecule has 0 aliphatic rings. The largest absolute Gasteiger partial charge is 0.298 e. The third-order valence-corrected chi connectivity index (χ3v) is 3.28. The molecule has 2 aromatic rings. The van der Waals surface area contributed by atoms with Crippen molar-refractivity contribution < 1.29 is 4.79 Å². The zero-order chi connectivity index (χ0) is 14.8. The molecule has 108 valence electrons. The van der Waals surface area contributed by atoms with Crippen LogP contribution in [0.4, 0.5) is 0 Å². The lowest BCUT2D eigenvalue weighted by Crippen LogP contribution is -2.18. The number of nitrogens with zero attached hydrogens (tertiary/aromatic N) is 3. The summed E-state index contributed by atoms with van der Waals surface area (Å²) in [5.74, 6) is 0.620. The molecule has 0 aliphatic heterocycles. The molecule has 1 aromatic carbocycles. The summed E-state index contributed by atoms with van der Waals surface area (Å²) in [6.07, 6.45) is 1.66. The average Bonchev–Trinajstić information content (AvgIpc) is 2.70. The number of ketones is 1. The van der Waals surface area contributed by atoms with Crippen molar-refractivity contribution in [1.82, 2.24) is 15.0 Å². The Morgan fingerprint density at radius 3 is 2.70 bits per heavy atom. The van der Waals surface area contributed by atoms with Crippen LogP contribution >= 0.6 is 0 Å². The van der Waals surface area contributed by atoms with E-state index in [2.05, 4.69) is 38.0 Å². The number of rotatable bonds is 5. The molecule has 0 bridgehead atoms. The summed E-state index contributed by atoms with van der Waals surface area (Å²) < 4.78 is 1.70. The molecule has 0 saturated carbocycles. The minimum absolute atomic E-state index is 0.220. The van der Waals surface area contributed by atoms with E-state index in [1.54, 1.807) is 4.68 Å². The van der Waals surface area contributed by atoms with E-state index in [1.807, 2.05) is 24.3 Å². The zero-order valence-corrected chi connectivity index (χ0v) is 12.8. The first-order valence-corrected chi connectivity index (χ1v) is 7.15. The SMILES string of the molecule is CC(CC(=O)Cn1nnc2ccccc21)CC(C)(C)C. The van der Waals surface area contributed by atoms with Crippen molar-refractivity contribution in [2.24, 2.45) is 11.3 Å². The lowest BCUT2D eigenvalue weighted by molar-refractivity contribution is -0.120. The van der Waals surface area contributed by atoms with Crippen LogP contribution in [0.2, 0.25) is 0 Å². The van der Waals surface area contributed by atoms with Crippen LogP contribution in [0.25, 0.3) is 11.0 Å². The highest BCUT2D eigenvalue weighted by Gasteiger charge is 2.18. The maximum absolute atomic E-state index is 12.2. The van der Waals surface area contributed by atoms with Crippen molar-refractivity contribution in [2.45, 2.75) is 47.1 Å². The molecular weight excluding hydrogens is 250 g/mol. The number of aromatic nitrogens is 3. The van der Waals surface area contributed by atoms with Gasteiger partial charge >= 0.3 is 0 Å². The van der Waals surface area contributed by atoms with Gasteiger partial charge in [-0.3, -0.25) is 4.79 Å². The Morgan fingerprint density at radius 1 is 1.30 bits per heavy atom. The maximum Gasteiger partial charge on any atom is 0.154 e. The molecule has 4 heteroatoms. The second-order valence-corrected chi connectivity index (χ2v) is 6.85. The molecule has 1 atom stereocenters. The summed E-state index contributed by atoms with van der Waals surface area (Å²) in [5.41, 5.74) is 2.02. The second kappa shape index (κ2) is 5.73. The molecule has 0 saturated heterocycles. The molecule has 2 rings (SSSR count). The minimum atomic E-state index is 0.220. The van der Waals surface area contributed by atoms with Crippen LogP contribution in [0.5, 0.6) is 0 Å². The normalized spacial score (nSPS) is 13.6. The maximum atomic E-state index is 12.2. The first-order chi connectivity index (χ1) is 9.35. The molecule has 0 amide bonds.